The Morgan fingerprint density at radius 3 is 2.89 bits per heavy atom. The van der Waals surface area contributed by atoms with Crippen LogP contribution in [0.4, 0.5) is 0 Å². The number of hydrogen-bond acceptors (Lipinski definition) is 0. The molecule has 1 aromatic carbocycles. The highest BCUT2D eigenvalue weighted by atomic mass is 14.6. The molecule has 0 bridgehead atoms. The molecule has 1 aromatic rings. The van der Waals surface area contributed by atoms with E-state index < -0.39 is 0 Å². The summed E-state index contributed by atoms with van der Waals surface area (Å²) in [4.78, 5) is 0. The summed E-state index contributed by atoms with van der Waals surface area (Å²) in [5.41, 5.74) is 4.02. The van der Waals surface area contributed by atoms with Crippen LogP contribution in [0.25, 0.3) is 0 Å². The Hall–Kier alpha value is -0.780. The van der Waals surface area contributed by atoms with Crippen LogP contribution in [0.1, 0.15) is 62.5 Å². The first-order valence-corrected chi connectivity index (χ1v) is 7.87. The normalized spacial score (nSPS) is 41.9. The van der Waals surface area contributed by atoms with Crippen LogP contribution < -0.4 is 0 Å². The number of rotatable bonds is 0. The van der Waals surface area contributed by atoms with Gasteiger partial charge in [0, 0.05) is 0 Å². The van der Waals surface area contributed by atoms with Gasteiger partial charge in [0.25, 0.3) is 0 Å². The summed E-state index contributed by atoms with van der Waals surface area (Å²) < 4.78 is 0. The summed E-state index contributed by atoms with van der Waals surface area (Å²) in [6.45, 7) is 2.62. The minimum absolute atomic E-state index is 0.653. The molecule has 3 aliphatic rings. The standard InChI is InChI=1S/C18H24/c1-18-11-5-4-7-14(18)9-10-16-15-8-3-2-6-13(15)12-17(16)18/h2-3,6,8,14,16-17H,4-5,7,9-12H2,1H3/t14-,16+,17+,18+/m1/s1. The maximum absolute atomic E-state index is 2.62. The molecule has 2 saturated carbocycles. The molecule has 0 heteroatoms. The monoisotopic (exact) mass is 240 g/mol. The zero-order chi connectivity index (χ0) is 12.2. The highest BCUT2D eigenvalue weighted by molar-refractivity contribution is 5.38. The van der Waals surface area contributed by atoms with Gasteiger partial charge >= 0.3 is 0 Å². The summed E-state index contributed by atoms with van der Waals surface area (Å²) in [7, 11) is 0. The Kier molecular flexibility index (Phi) is 2.37. The SMILES string of the molecule is C[C@]12CCCC[C@@H]1CC[C@H]1c3ccccc3C[C@@H]12. The molecule has 0 unspecified atom stereocenters. The molecule has 4 atom stereocenters. The van der Waals surface area contributed by atoms with Gasteiger partial charge in [-0.1, -0.05) is 44.0 Å². The zero-order valence-electron chi connectivity index (χ0n) is 11.5. The van der Waals surface area contributed by atoms with Crippen molar-refractivity contribution in [2.24, 2.45) is 17.3 Å². The Balaban J connectivity index is 1.74. The van der Waals surface area contributed by atoms with Crippen LogP contribution in [0.5, 0.6) is 0 Å². The van der Waals surface area contributed by atoms with Gasteiger partial charge in [-0.3, -0.25) is 0 Å². The van der Waals surface area contributed by atoms with Crippen LogP contribution in [0, 0.1) is 17.3 Å². The van der Waals surface area contributed by atoms with E-state index in [9.17, 15) is 0 Å². The van der Waals surface area contributed by atoms with E-state index in [0.29, 0.717) is 5.41 Å². The van der Waals surface area contributed by atoms with Crippen molar-refractivity contribution < 1.29 is 0 Å². The lowest BCUT2D eigenvalue weighted by Crippen LogP contribution is -2.43. The van der Waals surface area contributed by atoms with Crippen molar-refractivity contribution in [1.82, 2.24) is 0 Å². The lowest BCUT2D eigenvalue weighted by atomic mass is 9.53. The second kappa shape index (κ2) is 3.85. The largest absolute Gasteiger partial charge is 0.0620 e. The minimum Gasteiger partial charge on any atom is -0.0620 e. The molecule has 0 radical (unpaired) electrons. The number of benzene rings is 1. The van der Waals surface area contributed by atoms with Gasteiger partial charge in [-0.05, 0) is 66.4 Å². The maximum atomic E-state index is 2.62. The third-order valence-corrected chi connectivity index (χ3v) is 6.50. The lowest BCUT2D eigenvalue weighted by molar-refractivity contribution is -0.00534. The highest BCUT2D eigenvalue weighted by Crippen LogP contribution is 2.61. The fraction of sp³-hybridized carbons (Fsp3) is 0.667. The van der Waals surface area contributed by atoms with Crippen molar-refractivity contribution in [3.05, 3.63) is 35.4 Å². The van der Waals surface area contributed by atoms with Gasteiger partial charge in [0.15, 0.2) is 0 Å². The predicted octanol–water partition coefficient (Wildman–Crippen LogP) is 4.93. The molecule has 2 fully saturated rings. The quantitative estimate of drug-likeness (QED) is 0.603. The second-order valence-corrected chi connectivity index (χ2v) is 7.14. The first-order chi connectivity index (χ1) is 8.79. The molecule has 0 nitrogen and oxygen atoms in total. The Morgan fingerprint density at radius 1 is 1.06 bits per heavy atom. The van der Waals surface area contributed by atoms with Gasteiger partial charge in [0.1, 0.15) is 0 Å². The Labute approximate surface area is 111 Å². The molecule has 0 N–H and O–H groups in total. The molecule has 0 aromatic heterocycles. The fourth-order valence-electron chi connectivity index (χ4n) is 5.50. The molecule has 0 heterocycles. The van der Waals surface area contributed by atoms with E-state index in [4.69, 9.17) is 0 Å². The van der Waals surface area contributed by atoms with Crippen LogP contribution >= 0.6 is 0 Å². The van der Waals surface area contributed by atoms with Crippen molar-refractivity contribution in [3.8, 4) is 0 Å². The molecular weight excluding hydrogens is 216 g/mol. The average Bonchev–Trinajstić information content (AvgIpc) is 2.78. The van der Waals surface area contributed by atoms with Gasteiger partial charge in [-0.15, -0.1) is 0 Å². The summed E-state index contributed by atoms with van der Waals surface area (Å²) in [6, 6.07) is 9.27. The lowest BCUT2D eigenvalue weighted by Gasteiger charge is -2.52. The fourth-order valence-corrected chi connectivity index (χ4v) is 5.50. The third-order valence-electron chi connectivity index (χ3n) is 6.50. The van der Waals surface area contributed by atoms with E-state index in [-0.39, 0.29) is 0 Å². The van der Waals surface area contributed by atoms with Crippen LogP contribution in [-0.2, 0) is 6.42 Å². The van der Waals surface area contributed by atoms with Crippen molar-refractivity contribution >= 4 is 0 Å². The molecule has 3 aliphatic carbocycles. The molecule has 0 amide bonds. The first-order valence-electron chi connectivity index (χ1n) is 7.87. The second-order valence-electron chi connectivity index (χ2n) is 7.14. The van der Waals surface area contributed by atoms with Gasteiger partial charge in [0.05, 0.1) is 0 Å². The molecule has 0 spiro atoms. The summed E-state index contributed by atoms with van der Waals surface area (Å²) in [5, 5.41) is 0. The molecule has 0 saturated heterocycles. The zero-order valence-corrected chi connectivity index (χ0v) is 11.5. The van der Waals surface area contributed by atoms with Gasteiger partial charge in [0.2, 0.25) is 0 Å². The molecule has 18 heavy (non-hydrogen) atoms. The van der Waals surface area contributed by atoms with E-state index >= 15 is 0 Å². The van der Waals surface area contributed by atoms with E-state index in [1.165, 1.54) is 44.9 Å². The summed E-state index contributed by atoms with van der Waals surface area (Å²) >= 11 is 0. The number of fused-ring (bicyclic) bond motifs is 5. The topological polar surface area (TPSA) is 0 Å². The van der Waals surface area contributed by atoms with Crippen molar-refractivity contribution in [3.63, 3.8) is 0 Å². The summed E-state index contributed by atoms with van der Waals surface area (Å²) in [6.07, 6.45) is 10.3. The third kappa shape index (κ3) is 1.38. The van der Waals surface area contributed by atoms with Crippen molar-refractivity contribution in [1.29, 1.82) is 0 Å². The van der Waals surface area contributed by atoms with E-state index in [1.807, 2.05) is 0 Å². The van der Waals surface area contributed by atoms with Crippen molar-refractivity contribution in [2.75, 3.05) is 0 Å². The Bertz CT molecular complexity index is 461. The van der Waals surface area contributed by atoms with E-state index in [1.54, 1.807) is 11.1 Å². The van der Waals surface area contributed by atoms with Gasteiger partial charge in [-0.25, -0.2) is 0 Å². The average molecular weight is 240 g/mol. The van der Waals surface area contributed by atoms with Crippen LogP contribution in [0.15, 0.2) is 24.3 Å². The minimum atomic E-state index is 0.653. The van der Waals surface area contributed by atoms with Crippen molar-refractivity contribution in [2.45, 2.75) is 57.8 Å². The summed E-state index contributed by atoms with van der Waals surface area (Å²) in [5.74, 6) is 2.87. The van der Waals surface area contributed by atoms with Crippen LogP contribution in [0.3, 0.4) is 0 Å². The van der Waals surface area contributed by atoms with Crippen LogP contribution in [0.2, 0.25) is 0 Å². The van der Waals surface area contributed by atoms with Gasteiger partial charge < -0.3 is 0 Å². The van der Waals surface area contributed by atoms with Crippen LogP contribution in [-0.4, -0.2) is 0 Å². The van der Waals surface area contributed by atoms with E-state index in [2.05, 4.69) is 31.2 Å². The van der Waals surface area contributed by atoms with Gasteiger partial charge in [-0.2, -0.15) is 0 Å². The molecule has 0 aliphatic heterocycles. The molecular formula is C18H24. The molecule has 4 rings (SSSR count). The highest BCUT2D eigenvalue weighted by Gasteiger charge is 2.51. The first kappa shape index (κ1) is 11.1. The number of hydrogen-bond donors (Lipinski definition) is 0. The maximum Gasteiger partial charge on any atom is -0.0122 e. The van der Waals surface area contributed by atoms with E-state index in [0.717, 1.165) is 17.8 Å². The smallest absolute Gasteiger partial charge is 0.0122 e. The molecule has 96 valence electrons. The predicted molar refractivity (Wildman–Crippen MR) is 75.7 cm³/mol. The Morgan fingerprint density at radius 2 is 1.94 bits per heavy atom.